The molecular formula is C5H11MgN6O5P. The molecular weight excluding hydrogens is 279 g/mol. The molecule has 0 saturated heterocycles. The van der Waals surface area contributed by atoms with Crippen LogP contribution in [-0.4, -0.2) is 52.5 Å². The van der Waals surface area contributed by atoms with Crippen LogP contribution in [0.15, 0.2) is 11.1 Å². The predicted molar refractivity (Wildman–Crippen MR) is 64.2 cm³/mol. The number of fused-ring (bicyclic) bond motifs is 1. The molecule has 0 fully saturated rings. The molecule has 2 aromatic rings. The summed E-state index contributed by atoms with van der Waals surface area (Å²) in [4.78, 5) is 37.8. The third-order valence-electron chi connectivity index (χ3n) is 1.59. The van der Waals surface area contributed by atoms with Crippen molar-refractivity contribution < 1.29 is 21.8 Å². The van der Waals surface area contributed by atoms with E-state index in [-0.39, 0.29) is 49.2 Å². The van der Waals surface area contributed by atoms with E-state index in [0.717, 1.165) is 6.33 Å². The van der Waals surface area contributed by atoms with E-state index in [1.165, 1.54) is 0 Å². The van der Waals surface area contributed by atoms with Gasteiger partial charge in [0, 0.05) is 0 Å². The first-order valence-corrected chi connectivity index (χ1v) is 5.38. The summed E-state index contributed by atoms with van der Waals surface area (Å²) in [6.07, 6.45) is 0.908. The van der Waals surface area contributed by atoms with Crippen molar-refractivity contribution in [3.63, 3.8) is 0 Å². The Balaban J connectivity index is -0.000000722. The predicted octanol–water partition coefficient (Wildman–Crippen LogP) is -1.77. The number of nitrogens with one attached hydrogen (secondary N) is 1. The zero-order valence-electron chi connectivity index (χ0n) is 11.0. The van der Waals surface area contributed by atoms with Gasteiger partial charge in [-0.2, -0.15) is 4.98 Å². The molecule has 8 N–H and O–H groups in total. The summed E-state index contributed by atoms with van der Waals surface area (Å²) < 4.78 is 15.4. The summed E-state index contributed by atoms with van der Waals surface area (Å²) >= 11 is 0. The fourth-order valence-electron chi connectivity index (χ4n) is 1.08. The zero-order chi connectivity index (χ0) is 11.9. The Hall–Kier alpha value is -1.17. The van der Waals surface area contributed by atoms with Gasteiger partial charge in [0.05, 0.1) is 0 Å². The number of aromatic amines is 1. The Morgan fingerprint density at radius 1 is 1.56 bits per heavy atom. The van der Waals surface area contributed by atoms with Gasteiger partial charge in [-0.05, 0) is 0 Å². The molecule has 18 heavy (non-hydrogen) atoms. The molecule has 11 nitrogen and oxygen atoms in total. The SMILES string of the molecule is N.Nc1nc2c(ncn2OP(=O)(O)O)c(=O)[nH]1.[H-].[H-].[Mg+2]. The minimum Gasteiger partial charge on any atom is -1.00 e. The molecule has 98 valence electrons. The van der Waals surface area contributed by atoms with Crippen molar-refractivity contribution in [2.45, 2.75) is 0 Å². The molecule has 2 heterocycles. The molecule has 13 heteroatoms. The molecule has 0 amide bonds. The molecule has 0 unspecified atom stereocenters. The van der Waals surface area contributed by atoms with Gasteiger partial charge in [-0.25, -0.2) is 9.55 Å². The van der Waals surface area contributed by atoms with Crippen molar-refractivity contribution in [1.82, 2.24) is 25.8 Å². The van der Waals surface area contributed by atoms with Gasteiger partial charge in [0.1, 0.15) is 6.33 Å². The third kappa shape index (κ3) is 3.41. The van der Waals surface area contributed by atoms with Gasteiger partial charge in [-0.15, -0.1) is 4.73 Å². The van der Waals surface area contributed by atoms with Crippen molar-refractivity contribution in [3.05, 3.63) is 16.7 Å². The van der Waals surface area contributed by atoms with Crippen LogP contribution < -0.4 is 22.1 Å². The fraction of sp³-hybridized carbons (Fsp3) is 0. The van der Waals surface area contributed by atoms with Gasteiger partial charge in [0.25, 0.3) is 5.56 Å². The first-order valence-electron chi connectivity index (χ1n) is 3.85. The van der Waals surface area contributed by atoms with Gasteiger partial charge in [-0.1, -0.05) is 0 Å². The topological polar surface area (TPSA) is 191 Å². The maximum atomic E-state index is 11.3. The van der Waals surface area contributed by atoms with E-state index in [4.69, 9.17) is 15.5 Å². The van der Waals surface area contributed by atoms with E-state index >= 15 is 0 Å². The molecule has 0 radical (unpaired) electrons. The molecule has 0 aliphatic heterocycles. The number of nitrogens with two attached hydrogens (primary N) is 1. The van der Waals surface area contributed by atoms with Gasteiger partial charge in [0.15, 0.2) is 5.52 Å². The van der Waals surface area contributed by atoms with Crippen LogP contribution in [0.3, 0.4) is 0 Å². The van der Waals surface area contributed by atoms with E-state index in [1.54, 1.807) is 0 Å². The van der Waals surface area contributed by atoms with Crippen LogP contribution in [0, 0.1) is 0 Å². The van der Waals surface area contributed by atoms with Crippen LogP contribution >= 0.6 is 7.82 Å². The van der Waals surface area contributed by atoms with Gasteiger partial charge in [-0.3, -0.25) is 19.6 Å². The van der Waals surface area contributed by atoms with Gasteiger partial charge >= 0.3 is 30.9 Å². The van der Waals surface area contributed by atoms with E-state index in [1.807, 2.05) is 0 Å². The quantitative estimate of drug-likeness (QED) is 0.314. The summed E-state index contributed by atoms with van der Waals surface area (Å²) in [5.74, 6) is -0.214. The second-order valence-corrected chi connectivity index (χ2v) is 3.91. The number of nitrogen functional groups attached to an aromatic ring is 1. The summed E-state index contributed by atoms with van der Waals surface area (Å²) in [5.41, 5.74) is 4.32. The number of hydrogen-bond acceptors (Lipinski definition) is 7. The van der Waals surface area contributed by atoms with Crippen LogP contribution in [-0.2, 0) is 4.57 Å². The molecule has 2 rings (SSSR count). The number of hydrogen-bond donors (Lipinski definition) is 5. The zero-order valence-corrected chi connectivity index (χ0v) is 11.3. The van der Waals surface area contributed by atoms with Crippen LogP contribution in [0.4, 0.5) is 5.95 Å². The molecule has 0 atom stereocenters. The minimum absolute atomic E-state index is 0. The normalized spacial score (nSPS) is 10.6. The van der Waals surface area contributed by atoms with Crippen molar-refractivity contribution in [2.24, 2.45) is 0 Å². The van der Waals surface area contributed by atoms with Crippen molar-refractivity contribution in [1.29, 1.82) is 0 Å². The molecule has 0 bridgehead atoms. The Morgan fingerprint density at radius 3 is 2.72 bits per heavy atom. The van der Waals surface area contributed by atoms with E-state index in [0.29, 0.717) is 4.73 Å². The Bertz CT molecular complexity index is 657. The summed E-state index contributed by atoms with van der Waals surface area (Å²) in [7, 11) is -4.76. The number of imidazole rings is 1. The molecule has 0 aliphatic carbocycles. The summed E-state index contributed by atoms with van der Waals surface area (Å²) in [6.45, 7) is 0. The van der Waals surface area contributed by atoms with E-state index in [2.05, 4.69) is 19.6 Å². The largest absolute Gasteiger partial charge is 2.00 e. The van der Waals surface area contributed by atoms with Crippen molar-refractivity contribution in [3.8, 4) is 0 Å². The van der Waals surface area contributed by atoms with Gasteiger partial charge in [0.2, 0.25) is 11.6 Å². The summed E-state index contributed by atoms with van der Waals surface area (Å²) in [6, 6.07) is 0. The van der Waals surface area contributed by atoms with Crippen LogP contribution in [0.1, 0.15) is 2.85 Å². The van der Waals surface area contributed by atoms with E-state index in [9.17, 15) is 9.36 Å². The number of aromatic nitrogens is 4. The number of phosphoric acid groups is 1. The monoisotopic (exact) mass is 290 g/mol. The van der Waals surface area contributed by atoms with Crippen LogP contribution in [0.5, 0.6) is 0 Å². The average Bonchev–Trinajstić information content (AvgIpc) is 2.46. The van der Waals surface area contributed by atoms with Crippen molar-refractivity contribution in [2.75, 3.05) is 5.73 Å². The number of H-pyrrole nitrogens is 1. The second-order valence-electron chi connectivity index (χ2n) is 2.77. The van der Waals surface area contributed by atoms with Crippen LogP contribution in [0.25, 0.3) is 11.2 Å². The minimum atomic E-state index is -4.76. The first kappa shape index (κ1) is 16.8. The average molecular weight is 290 g/mol. The molecule has 2 aromatic heterocycles. The van der Waals surface area contributed by atoms with E-state index < -0.39 is 13.4 Å². The molecule has 0 saturated carbocycles. The Kier molecular flexibility index (Phi) is 5.28. The number of nitrogens with zero attached hydrogens (tertiary/aromatic N) is 3. The number of rotatable bonds is 2. The maximum absolute atomic E-state index is 11.3. The summed E-state index contributed by atoms with van der Waals surface area (Å²) in [5, 5.41) is 0. The first-order chi connectivity index (χ1) is 7.37. The van der Waals surface area contributed by atoms with Crippen molar-refractivity contribution >= 4 is 48.0 Å². The fourth-order valence-corrected chi connectivity index (χ4v) is 1.43. The standard InChI is InChI=1S/C5H6N5O5P.Mg.H3N.2H/c6-5-8-3-2(4(11)9-5)7-1-10(3)15-16(12,13)14;;;;/h1H,(H2,12,13,14)(H3,6,8,9,11);;1H3;;/q;+2;;2*-1. The Labute approximate surface area is 118 Å². The smallest absolute Gasteiger partial charge is 1.00 e. The third-order valence-corrected chi connectivity index (χ3v) is 1.98. The second kappa shape index (κ2) is 5.64. The maximum Gasteiger partial charge on any atom is 2.00 e. The number of anilines is 1. The Morgan fingerprint density at radius 2 is 2.17 bits per heavy atom. The molecule has 0 aliphatic rings. The molecule has 0 aromatic carbocycles. The molecule has 0 spiro atoms. The van der Waals surface area contributed by atoms with Gasteiger partial charge < -0.3 is 19.4 Å². The van der Waals surface area contributed by atoms with Crippen LogP contribution in [0.2, 0.25) is 0 Å².